The maximum Gasteiger partial charge on any atom is 0.303 e. The second-order valence-electron chi connectivity index (χ2n) is 13.5. The molecule has 0 amide bonds. The van der Waals surface area contributed by atoms with E-state index in [1.165, 1.54) is 66.8 Å². The standard InChI is InChI=1S/C33H56O3Si/c1-25-26(2)31-28(27(3)29(25)24-37(8,9)32(4,5)6)21-23-33(7,36-31)22-19-17-15-13-11-10-12-14-16-18-20-30(34)35/h19,22H,10-18,20-21,23-24H2,1-9H3,(H,34,35)/b22-19+/t33-/m1/s1. The normalized spacial score (nSPS) is 18.2. The largest absolute Gasteiger partial charge is 0.483 e. The second kappa shape index (κ2) is 13.5. The lowest BCUT2D eigenvalue weighted by molar-refractivity contribution is -0.137. The number of aliphatic carboxylic acids is 1. The molecule has 0 aromatic heterocycles. The summed E-state index contributed by atoms with van der Waals surface area (Å²) in [5.74, 6) is 0.479. The summed E-state index contributed by atoms with van der Waals surface area (Å²) >= 11 is 0. The Labute approximate surface area is 229 Å². The van der Waals surface area contributed by atoms with Gasteiger partial charge in [-0.3, -0.25) is 4.79 Å². The maximum absolute atomic E-state index is 10.5. The van der Waals surface area contributed by atoms with E-state index in [1.807, 2.05) is 0 Å². The van der Waals surface area contributed by atoms with Gasteiger partial charge in [0.2, 0.25) is 0 Å². The Morgan fingerprint density at radius 3 is 2.08 bits per heavy atom. The second-order valence-corrected chi connectivity index (χ2v) is 19.2. The number of carbonyl (C=O) groups is 1. The number of fused-ring (bicyclic) bond motifs is 1. The van der Waals surface area contributed by atoms with Gasteiger partial charge in [0, 0.05) is 6.42 Å². The molecule has 1 heterocycles. The van der Waals surface area contributed by atoms with Crippen LogP contribution in [0.1, 0.15) is 126 Å². The van der Waals surface area contributed by atoms with Crippen molar-refractivity contribution in [2.24, 2.45) is 0 Å². The minimum atomic E-state index is -1.42. The lowest BCUT2D eigenvalue weighted by atomic mass is 9.85. The minimum Gasteiger partial charge on any atom is -0.483 e. The van der Waals surface area contributed by atoms with E-state index in [1.54, 1.807) is 5.56 Å². The SMILES string of the molecule is Cc1c(C)c2c(c(C)c1C[Si](C)(C)C(C)(C)C)CC[C@@](C)(/C=C/CCCCCCCCCCC(=O)O)O2. The van der Waals surface area contributed by atoms with Crippen LogP contribution < -0.4 is 4.74 Å². The fourth-order valence-electron chi connectivity index (χ4n) is 5.37. The first-order valence-corrected chi connectivity index (χ1v) is 18.1. The Morgan fingerprint density at radius 2 is 1.51 bits per heavy atom. The minimum absolute atomic E-state index is 0.215. The van der Waals surface area contributed by atoms with E-state index in [4.69, 9.17) is 9.84 Å². The van der Waals surface area contributed by atoms with Crippen LogP contribution in [0.3, 0.4) is 0 Å². The van der Waals surface area contributed by atoms with Crippen LogP contribution in [0, 0.1) is 20.8 Å². The molecule has 0 fully saturated rings. The van der Waals surface area contributed by atoms with Crippen molar-refractivity contribution in [1.82, 2.24) is 0 Å². The highest BCUT2D eigenvalue weighted by molar-refractivity contribution is 6.79. The molecule has 210 valence electrons. The van der Waals surface area contributed by atoms with E-state index < -0.39 is 14.0 Å². The van der Waals surface area contributed by atoms with E-state index in [9.17, 15) is 4.79 Å². The molecule has 4 heteroatoms. The molecule has 1 aliphatic rings. The number of rotatable bonds is 14. The van der Waals surface area contributed by atoms with Crippen molar-refractivity contribution in [3.05, 3.63) is 40.0 Å². The molecular weight excluding hydrogens is 472 g/mol. The van der Waals surface area contributed by atoms with Crippen molar-refractivity contribution in [1.29, 1.82) is 0 Å². The van der Waals surface area contributed by atoms with Crippen molar-refractivity contribution in [3.8, 4) is 5.75 Å². The number of allylic oxidation sites excluding steroid dienone is 1. The zero-order valence-corrected chi connectivity index (χ0v) is 26.6. The Bertz CT molecular complexity index is 938. The molecule has 1 atom stereocenters. The van der Waals surface area contributed by atoms with Gasteiger partial charge in [0.25, 0.3) is 0 Å². The average Bonchev–Trinajstić information content (AvgIpc) is 2.80. The Balaban J connectivity index is 1.88. The van der Waals surface area contributed by atoms with E-state index in [0.29, 0.717) is 11.5 Å². The lowest BCUT2D eigenvalue weighted by Crippen LogP contribution is -2.41. The number of carboxylic acid groups (broad SMARTS) is 1. The molecule has 0 bridgehead atoms. The van der Waals surface area contributed by atoms with Crippen LogP contribution in [0.15, 0.2) is 12.2 Å². The molecule has 0 radical (unpaired) electrons. The molecule has 1 aliphatic heterocycles. The van der Waals surface area contributed by atoms with Crippen LogP contribution in [0.4, 0.5) is 0 Å². The van der Waals surface area contributed by atoms with Crippen LogP contribution in [-0.4, -0.2) is 24.8 Å². The monoisotopic (exact) mass is 528 g/mol. The molecule has 3 nitrogen and oxygen atoms in total. The molecule has 0 aliphatic carbocycles. The fraction of sp³-hybridized carbons (Fsp3) is 0.727. The van der Waals surface area contributed by atoms with Gasteiger partial charge in [-0.15, -0.1) is 0 Å². The lowest BCUT2D eigenvalue weighted by Gasteiger charge is -2.40. The molecular formula is C33H56O3Si. The third-order valence-corrected chi connectivity index (χ3v) is 14.7. The molecule has 0 saturated carbocycles. The van der Waals surface area contributed by atoms with Gasteiger partial charge in [0.15, 0.2) is 0 Å². The first-order chi connectivity index (χ1) is 17.2. The molecule has 1 aromatic carbocycles. The smallest absolute Gasteiger partial charge is 0.303 e. The summed E-state index contributed by atoms with van der Waals surface area (Å²) in [4.78, 5) is 10.5. The summed E-state index contributed by atoms with van der Waals surface area (Å²) in [5.41, 5.74) is 7.09. The van der Waals surface area contributed by atoms with Gasteiger partial charge >= 0.3 is 5.97 Å². The fourth-order valence-corrected chi connectivity index (χ4v) is 7.32. The van der Waals surface area contributed by atoms with E-state index in [2.05, 4.69) is 73.7 Å². The van der Waals surface area contributed by atoms with Crippen molar-refractivity contribution < 1.29 is 14.6 Å². The number of benzene rings is 1. The number of ether oxygens (including phenoxy) is 1. The van der Waals surface area contributed by atoms with Gasteiger partial charge in [-0.1, -0.05) is 78.5 Å². The van der Waals surface area contributed by atoms with E-state index in [-0.39, 0.29) is 5.60 Å². The molecule has 0 spiro atoms. The predicted octanol–water partition coefficient (Wildman–Crippen LogP) is 9.83. The van der Waals surface area contributed by atoms with Gasteiger partial charge in [0.1, 0.15) is 11.4 Å². The zero-order valence-electron chi connectivity index (χ0n) is 25.6. The molecule has 1 N–H and O–H groups in total. The molecule has 0 saturated heterocycles. The molecule has 0 unspecified atom stereocenters. The summed E-state index contributed by atoms with van der Waals surface area (Å²) in [6.45, 7) is 21.5. The predicted molar refractivity (Wildman–Crippen MR) is 162 cm³/mol. The summed E-state index contributed by atoms with van der Waals surface area (Å²) < 4.78 is 6.76. The molecule has 37 heavy (non-hydrogen) atoms. The third-order valence-electron chi connectivity index (χ3n) is 9.37. The van der Waals surface area contributed by atoms with Crippen LogP contribution in [0.25, 0.3) is 0 Å². The summed E-state index contributed by atoms with van der Waals surface area (Å²) in [6, 6.07) is 1.24. The zero-order chi connectivity index (χ0) is 27.9. The highest BCUT2D eigenvalue weighted by Crippen LogP contribution is 2.44. The number of hydrogen-bond donors (Lipinski definition) is 1. The first kappa shape index (κ1) is 31.7. The van der Waals surface area contributed by atoms with Gasteiger partial charge in [-0.05, 0) is 105 Å². The number of unbranched alkanes of at least 4 members (excludes halogenated alkanes) is 8. The Kier molecular flexibility index (Phi) is 11.5. The highest BCUT2D eigenvalue weighted by Gasteiger charge is 2.38. The van der Waals surface area contributed by atoms with Crippen molar-refractivity contribution >= 4 is 14.0 Å². The first-order valence-electron chi connectivity index (χ1n) is 14.9. The van der Waals surface area contributed by atoms with Crippen LogP contribution >= 0.6 is 0 Å². The Morgan fingerprint density at radius 1 is 0.946 bits per heavy atom. The van der Waals surface area contributed by atoms with Gasteiger partial charge < -0.3 is 9.84 Å². The summed E-state index contributed by atoms with van der Waals surface area (Å²) in [6.07, 6.45) is 17.6. The third kappa shape index (κ3) is 9.01. The topological polar surface area (TPSA) is 46.5 Å². The quantitative estimate of drug-likeness (QED) is 0.148. The van der Waals surface area contributed by atoms with E-state index in [0.717, 1.165) is 37.9 Å². The highest BCUT2D eigenvalue weighted by atomic mass is 28.3. The Hall–Kier alpha value is -1.55. The summed E-state index contributed by atoms with van der Waals surface area (Å²) in [7, 11) is -1.42. The van der Waals surface area contributed by atoms with Crippen LogP contribution in [-0.2, 0) is 17.3 Å². The van der Waals surface area contributed by atoms with Crippen LogP contribution in [0.5, 0.6) is 5.75 Å². The van der Waals surface area contributed by atoms with Gasteiger partial charge in [0.05, 0.1) is 8.07 Å². The van der Waals surface area contributed by atoms with Gasteiger partial charge in [-0.2, -0.15) is 0 Å². The average molecular weight is 529 g/mol. The van der Waals surface area contributed by atoms with Crippen LogP contribution in [0.2, 0.25) is 18.1 Å². The van der Waals surface area contributed by atoms with E-state index >= 15 is 0 Å². The van der Waals surface area contributed by atoms with Crippen molar-refractivity contribution in [2.45, 2.75) is 155 Å². The maximum atomic E-state index is 10.5. The summed E-state index contributed by atoms with van der Waals surface area (Å²) in [5, 5.41) is 9.07. The number of hydrogen-bond acceptors (Lipinski definition) is 2. The van der Waals surface area contributed by atoms with Gasteiger partial charge in [-0.25, -0.2) is 0 Å². The number of carboxylic acids is 1. The molecule has 2 rings (SSSR count). The van der Waals surface area contributed by atoms with Crippen molar-refractivity contribution in [3.63, 3.8) is 0 Å². The van der Waals surface area contributed by atoms with Crippen molar-refractivity contribution in [2.75, 3.05) is 0 Å². The molecule has 1 aromatic rings.